The van der Waals surface area contributed by atoms with Crippen molar-refractivity contribution < 1.29 is 40.2 Å². The van der Waals surface area contributed by atoms with Crippen LogP contribution in [0.2, 0.25) is 0 Å². The molecule has 3 aromatic rings. The average Bonchev–Trinajstić information content (AvgIpc) is 3.21. The summed E-state index contributed by atoms with van der Waals surface area (Å²) in [6.07, 6.45) is -12.6. The Morgan fingerprint density at radius 2 is 1.70 bits per heavy atom. The number of alkyl halides is 8. The van der Waals surface area contributed by atoms with Gasteiger partial charge in [-0.15, -0.1) is 11.3 Å². The van der Waals surface area contributed by atoms with Crippen LogP contribution in [0.1, 0.15) is 16.8 Å². The normalized spacial score (nSPS) is 13.3. The smallest absolute Gasteiger partial charge is 0.380 e. The molecule has 0 aliphatic carbocycles. The van der Waals surface area contributed by atoms with Crippen molar-refractivity contribution in [1.82, 2.24) is 15.0 Å². The van der Waals surface area contributed by atoms with Gasteiger partial charge in [-0.1, -0.05) is 0 Å². The Morgan fingerprint density at radius 1 is 1.00 bits per heavy atom. The average molecular weight is 499 g/mol. The van der Waals surface area contributed by atoms with Crippen LogP contribution in [-0.4, -0.2) is 39.2 Å². The van der Waals surface area contributed by atoms with Crippen molar-refractivity contribution in [2.24, 2.45) is 0 Å². The highest BCUT2D eigenvalue weighted by atomic mass is 32.1. The lowest BCUT2D eigenvalue weighted by Gasteiger charge is -2.14. The van der Waals surface area contributed by atoms with Crippen LogP contribution in [0, 0.1) is 0 Å². The molecule has 0 aliphatic heterocycles. The predicted molar refractivity (Wildman–Crippen MR) is 103 cm³/mol. The van der Waals surface area contributed by atoms with Gasteiger partial charge in [0, 0.05) is 23.8 Å². The molecule has 1 unspecified atom stereocenters. The first-order valence-corrected chi connectivity index (χ1v) is 9.69. The molecule has 33 heavy (non-hydrogen) atoms. The number of hydrogen-bond acceptors (Lipinski definition) is 7. The van der Waals surface area contributed by atoms with E-state index in [1.165, 1.54) is 18.2 Å². The van der Waals surface area contributed by atoms with Gasteiger partial charge in [-0.05, 0) is 29.8 Å². The van der Waals surface area contributed by atoms with Gasteiger partial charge in [-0.3, -0.25) is 0 Å². The quantitative estimate of drug-likeness (QED) is 0.366. The van der Waals surface area contributed by atoms with Crippen molar-refractivity contribution >= 4 is 28.7 Å². The molecule has 1 aromatic carbocycles. The maximum Gasteiger partial charge on any atom is 0.433 e. The van der Waals surface area contributed by atoms with Gasteiger partial charge >= 0.3 is 12.4 Å². The molecular weight excluding hydrogens is 486 g/mol. The van der Waals surface area contributed by atoms with Gasteiger partial charge < -0.3 is 15.7 Å². The third kappa shape index (κ3) is 6.71. The molecule has 0 aliphatic rings. The zero-order valence-electron chi connectivity index (χ0n) is 16.0. The van der Waals surface area contributed by atoms with E-state index < -0.39 is 43.1 Å². The Morgan fingerprint density at radius 3 is 2.33 bits per heavy atom. The van der Waals surface area contributed by atoms with E-state index in [-0.39, 0.29) is 26.8 Å². The summed E-state index contributed by atoms with van der Waals surface area (Å²) >= 11 is 0.677. The lowest BCUT2D eigenvalue weighted by molar-refractivity contribution is -0.141. The first-order chi connectivity index (χ1) is 15.3. The zero-order chi connectivity index (χ0) is 24.4. The SMILES string of the molecule is OC(c1ncc(-c2cc(NCC(F)(F)F)cc(Nc3nccc(C(F)(F)F)n3)c2)s1)C(F)F. The monoisotopic (exact) mass is 499 g/mol. The van der Waals surface area contributed by atoms with E-state index in [9.17, 15) is 40.2 Å². The van der Waals surface area contributed by atoms with Crippen LogP contribution in [0.5, 0.6) is 0 Å². The minimum atomic E-state index is -4.74. The summed E-state index contributed by atoms with van der Waals surface area (Å²) in [5.41, 5.74) is -1.11. The molecule has 1 atom stereocenters. The highest BCUT2D eigenvalue weighted by molar-refractivity contribution is 7.15. The van der Waals surface area contributed by atoms with Crippen LogP contribution in [0.15, 0.2) is 36.7 Å². The molecule has 0 amide bonds. The number of rotatable bonds is 7. The molecule has 3 rings (SSSR count). The fourth-order valence-electron chi connectivity index (χ4n) is 2.52. The van der Waals surface area contributed by atoms with E-state index in [0.29, 0.717) is 17.4 Å². The number of anilines is 3. The highest BCUT2D eigenvalue weighted by Crippen LogP contribution is 2.35. The summed E-state index contributed by atoms with van der Waals surface area (Å²) in [5, 5.41) is 13.8. The predicted octanol–water partition coefficient (Wildman–Crippen LogP) is 5.64. The van der Waals surface area contributed by atoms with Crippen LogP contribution in [0.3, 0.4) is 0 Å². The maximum atomic E-state index is 12.9. The Hall–Kier alpha value is -3.07. The van der Waals surface area contributed by atoms with Crippen LogP contribution in [0.25, 0.3) is 10.4 Å². The maximum absolute atomic E-state index is 12.9. The van der Waals surface area contributed by atoms with Crippen molar-refractivity contribution in [2.75, 3.05) is 17.2 Å². The summed E-state index contributed by atoms with van der Waals surface area (Å²) < 4.78 is 102. The molecule has 2 aromatic heterocycles. The third-order valence-corrected chi connectivity index (χ3v) is 5.04. The molecule has 0 fully saturated rings. The van der Waals surface area contributed by atoms with Crippen molar-refractivity contribution in [2.45, 2.75) is 24.9 Å². The minimum Gasteiger partial charge on any atom is -0.380 e. The van der Waals surface area contributed by atoms with Crippen LogP contribution in [0.4, 0.5) is 52.4 Å². The number of thiazole rings is 1. The Labute approximate surface area is 184 Å². The van der Waals surface area contributed by atoms with Gasteiger partial charge in [-0.25, -0.2) is 23.7 Å². The molecule has 0 saturated heterocycles. The minimum absolute atomic E-state index is 0.0147. The Balaban J connectivity index is 1.96. The van der Waals surface area contributed by atoms with E-state index in [0.717, 1.165) is 12.4 Å². The molecule has 178 valence electrons. The summed E-state index contributed by atoms with van der Waals surface area (Å²) in [6.45, 7) is -1.41. The second-order valence-corrected chi connectivity index (χ2v) is 7.56. The molecule has 2 heterocycles. The van der Waals surface area contributed by atoms with Gasteiger partial charge in [0.05, 0.1) is 4.88 Å². The van der Waals surface area contributed by atoms with Crippen molar-refractivity contribution in [3.8, 4) is 10.4 Å². The molecule has 6 nitrogen and oxygen atoms in total. The number of aliphatic hydroxyl groups is 1. The molecule has 0 bridgehead atoms. The number of aromatic nitrogens is 3. The van der Waals surface area contributed by atoms with Crippen LogP contribution in [-0.2, 0) is 6.18 Å². The number of benzene rings is 1. The van der Waals surface area contributed by atoms with Crippen molar-refractivity contribution in [1.29, 1.82) is 0 Å². The van der Waals surface area contributed by atoms with Crippen LogP contribution >= 0.6 is 11.3 Å². The molecule has 15 heteroatoms. The van der Waals surface area contributed by atoms with Gasteiger partial charge in [0.25, 0.3) is 6.43 Å². The van der Waals surface area contributed by atoms with E-state index >= 15 is 0 Å². The number of nitrogens with zero attached hydrogens (tertiary/aromatic N) is 3. The van der Waals surface area contributed by atoms with Crippen molar-refractivity contribution in [3.63, 3.8) is 0 Å². The highest BCUT2D eigenvalue weighted by Gasteiger charge is 2.33. The Kier molecular flexibility index (Phi) is 7.02. The lowest BCUT2D eigenvalue weighted by Crippen LogP contribution is -2.21. The van der Waals surface area contributed by atoms with E-state index in [1.54, 1.807) is 0 Å². The second kappa shape index (κ2) is 9.43. The summed E-state index contributed by atoms with van der Waals surface area (Å²) in [6, 6.07) is 4.41. The number of nitrogens with one attached hydrogen (secondary N) is 2. The van der Waals surface area contributed by atoms with E-state index in [4.69, 9.17) is 0 Å². The fraction of sp³-hybridized carbons (Fsp3) is 0.278. The summed E-state index contributed by atoms with van der Waals surface area (Å²) in [4.78, 5) is 10.9. The lowest BCUT2D eigenvalue weighted by atomic mass is 10.1. The number of aliphatic hydroxyl groups excluding tert-OH is 1. The summed E-state index contributed by atoms with van der Waals surface area (Å²) in [7, 11) is 0. The van der Waals surface area contributed by atoms with Gasteiger partial charge in [0.1, 0.15) is 17.2 Å². The molecule has 3 N–H and O–H groups in total. The van der Waals surface area contributed by atoms with Crippen molar-refractivity contribution in [3.05, 3.63) is 47.4 Å². The van der Waals surface area contributed by atoms with Gasteiger partial charge in [0.15, 0.2) is 6.10 Å². The first-order valence-electron chi connectivity index (χ1n) is 8.87. The van der Waals surface area contributed by atoms with Gasteiger partial charge in [-0.2, -0.15) is 26.3 Å². The third-order valence-electron chi connectivity index (χ3n) is 3.93. The first kappa shape index (κ1) is 24.6. The molecular formula is C18H13F8N5OS. The van der Waals surface area contributed by atoms with E-state index in [2.05, 4.69) is 25.6 Å². The molecule has 0 spiro atoms. The van der Waals surface area contributed by atoms with Crippen LogP contribution < -0.4 is 10.6 Å². The van der Waals surface area contributed by atoms with Gasteiger partial charge in [0.2, 0.25) is 5.95 Å². The topological polar surface area (TPSA) is 83.0 Å². The molecule has 0 saturated carbocycles. The number of halogens is 8. The molecule has 0 radical (unpaired) electrons. The zero-order valence-corrected chi connectivity index (χ0v) is 16.9. The van der Waals surface area contributed by atoms with E-state index in [1.807, 2.05) is 0 Å². The number of hydrogen-bond donors (Lipinski definition) is 3. The largest absolute Gasteiger partial charge is 0.433 e. The summed E-state index contributed by atoms with van der Waals surface area (Å²) in [5.74, 6) is -0.470. The Bertz CT molecular complexity index is 1100. The fourth-order valence-corrected chi connectivity index (χ4v) is 3.41. The second-order valence-electron chi connectivity index (χ2n) is 6.50. The standard InChI is InChI=1S/C18H13F8N5OS/c19-14(20)13(32)15-28-6-11(33-15)8-3-9(29-7-17(21,22)23)5-10(4-8)30-16-27-2-1-12(31-16)18(24,25)26/h1-6,13-14,29,32H,7H2,(H,27,30,31).